The van der Waals surface area contributed by atoms with E-state index in [1.807, 2.05) is 12.1 Å². The number of benzene rings is 1. The lowest BCUT2D eigenvalue weighted by molar-refractivity contribution is -0.137. The van der Waals surface area contributed by atoms with Crippen LogP contribution in [0.2, 0.25) is 0 Å². The third-order valence-electron chi connectivity index (χ3n) is 7.17. The van der Waals surface area contributed by atoms with Crippen LogP contribution >= 0.6 is 0 Å². The summed E-state index contributed by atoms with van der Waals surface area (Å²) in [6, 6.07) is 6.82. The van der Waals surface area contributed by atoms with Crippen molar-refractivity contribution in [3.05, 3.63) is 35.7 Å². The number of urea groups is 1. The molecule has 0 spiro atoms. The predicted octanol–water partition coefficient (Wildman–Crippen LogP) is -0.909. The first-order valence-corrected chi connectivity index (χ1v) is 16.4. The van der Waals surface area contributed by atoms with E-state index in [9.17, 15) is 19.5 Å². The number of carbonyl (C=O) groups excluding carboxylic acids is 2. The van der Waals surface area contributed by atoms with Crippen LogP contribution in [0.25, 0.3) is 11.4 Å². The lowest BCUT2D eigenvalue weighted by atomic mass is 10.1. The Labute approximate surface area is 282 Å². The van der Waals surface area contributed by atoms with Gasteiger partial charge in [0.25, 0.3) is 0 Å². The van der Waals surface area contributed by atoms with Crippen LogP contribution in [0.5, 0.6) is 0 Å². The fourth-order valence-corrected chi connectivity index (χ4v) is 4.63. The van der Waals surface area contributed by atoms with Crippen LogP contribution in [-0.4, -0.2) is 157 Å². The molecule has 1 heterocycles. The topological polar surface area (TPSA) is 241 Å². The molecule has 0 unspecified atom stereocenters. The summed E-state index contributed by atoms with van der Waals surface area (Å²) in [5.74, 6) is -0.450. The highest BCUT2D eigenvalue weighted by atomic mass is 16.5. The molecule has 17 nitrogen and oxygen atoms in total. The van der Waals surface area contributed by atoms with Gasteiger partial charge >= 0.3 is 12.0 Å². The van der Waals surface area contributed by atoms with E-state index in [1.165, 1.54) is 4.90 Å². The molecule has 8 N–H and O–H groups in total. The van der Waals surface area contributed by atoms with Crippen molar-refractivity contribution in [2.45, 2.75) is 32.6 Å². The standard InChI is InChI=1S/C31H53N11O6/c1-25-36-38-30(39-37-25)27-7-5-26(6-8-27)23-28(43)35-12-14-41(31(46)42(24-29(44)45)13-4-2-3-9-32)16-15-40(17-21-47-19-10-33)18-22-48-20-11-34/h5-8H,2-4,9-24,32-34H2,1H3,(H,35,43)(H,44,45). The number of nitrogens with two attached hydrogens (primary N) is 3. The average molecular weight is 676 g/mol. The first-order valence-electron chi connectivity index (χ1n) is 16.4. The van der Waals surface area contributed by atoms with Crippen molar-refractivity contribution in [3.63, 3.8) is 0 Å². The molecule has 0 aliphatic carbocycles. The Morgan fingerprint density at radius 3 is 1.98 bits per heavy atom. The second-order valence-electron chi connectivity index (χ2n) is 11.1. The minimum atomic E-state index is -1.10. The first kappa shape index (κ1) is 40.3. The minimum Gasteiger partial charge on any atom is -0.480 e. The zero-order valence-corrected chi connectivity index (χ0v) is 28.1. The fraction of sp³-hybridized carbons (Fsp3) is 0.645. The molecule has 0 saturated heterocycles. The third kappa shape index (κ3) is 16.8. The van der Waals surface area contributed by atoms with Crippen LogP contribution < -0.4 is 22.5 Å². The Kier molecular flexibility index (Phi) is 20.4. The highest BCUT2D eigenvalue weighted by molar-refractivity contribution is 5.81. The maximum atomic E-state index is 13.7. The zero-order chi connectivity index (χ0) is 35.0. The van der Waals surface area contributed by atoms with Crippen LogP contribution in [0.15, 0.2) is 24.3 Å². The lowest BCUT2D eigenvalue weighted by Crippen LogP contribution is -2.50. The molecule has 0 aliphatic rings. The molecular formula is C31H53N11O6. The van der Waals surface area contributed by atoms with Gasteiger partial charge in [0.15, 0.2) is 5.82 Å². The van der Waals surface area contributed by atoms with Crippen LogP contribution in [0, 0.1) is 6.92 Å². The SMILES string of the molecule is Cc1nnc(-c2ccc(CC(=O)NCCN(CCN(CCOCCN)CCOCCN)C(=O)N(CCCCCN)CC(=O)O)cc2)nn1. The number of amides is 3. The second-order valence-corrected chi connectivity index (χ2v) is 11.1. The number of ether oxygens (including phenoxy) is 2. The van der Waals surface area contributed by atoms with Gasteiger partial charge in [-0.05, 0) is 31.9 Å². The van der Waals surface area contributed by atoms with Gasteiger partial charge < -0.3 is 46.9 Å². The Morgan fingerprint density at radius 2 is 1.40 bits per heavy atom. The number of aliphatic carboxylic acids is 1. The molecule has 0 radical (unpaired) electrons. The molecule has 0 atom stereocenters. The van der Waals surface area contributed by atoms with E-state index in [-0.39, 0.29) is 32.0 Å². The zero-order valence-electron chi connectivity index (χ0n) is 28.1. The van der Waals surface area contributed by atoms with Crippen LogP contribution in [0.4, 0.5) is 4.79 Å². The molecule has 0 saturated carbocycles. The Balaban J connectivity index is 2.06. The number of aryl methyl sites for hydroxylation is 1. The van der Waals surface area contributed by atoms with E-state index in [0.29, 0.717) is 90.3 Å². The van der Waals surface area contributed by atoms with E-state index in [1.54, 1.807) is 24.0 Å². The summed E-state index contributed by atoms with van der Waals surface area (Å²) in [6.45, 7) is 7.05. The van der Waals surface area contributed by atoms with Crippen molar-refractivity contribution in [3.8, 4) is 11.4 Å². The van der Waals surface area contributed by atoms with Gasteiger partial charge in [-0.25, -0.2) is 4.79 Å². The average Bonchev–Trinajstić information content (AvgIpc) is 3.07. The van der Waals surface area contributed by atoms with E-state index >= 15 is 0 Å². The summed E-state index contributed by atoms with van der Waals surface area (Å²) < 4.78 is 11.1. The molecular weight excluding hydrogens is 622 g/mol. The molecule has 2 rings (SSSR count). The van der Waals surface area contributed by atoms with Crippen molar-refractivity contribution < 1.29 is 29.0 Å². The monoisotopic (exact) mass is 675 g/mol. The van der Waals surface area contributed by atoms with Gasteiger partial charge in [0.2, 0.25) is 11.7 Å². The van der Waals surface area contributed by atoms with Gasteiger partial charge in [0.1, 0.15) is 6.54 Å². The first-order chi connectivity index (χ1) is 23.3. The van der Waals surface area contributed by atoms with Crippen LogP contribution in [-0.2, 0) is 25.5 Å². The maximum absolute atomic E-state index is 13.7. The van der Waals surface area contributed by atoms with Gasteiger partial charge in [0.05, 0.1) is 32.8 Å². The van der Waals surface area contributed by atoms with E-state index in [4.69, 9.17) is 26.7 Å². The molecule has 0 aliphatic heterocycles. The molecule has 268 valence electrons. The van der Waals surface area contributed by atoms with Crippen molar-refractivity contribution in [1.82, 2.24) is 40.4 Å². The summed E-state index contributed by atoms with van der Waals surface area (Å²) in [6.07, 6.45) is 2.33. The van der Waals surface area contributed by atoms with Gasteiger partial charge in [-0.1, -0.05) is 30.7 Å². The normalized spacial score (nSPS) is 11.1. The Bertz CT molecular complexity index is 1180. The largest absolute Gasteiger partial charge is 0.480 e. The van der Waals surface area contributed by atoms with Gasteiger partial charge in [-0.15, -0.1) is 20.4 Å². The third-order valence-corrected chi connectivity index (χ3v) is 7.17. The number of nitrogens with one attached hydrogen (secondary N) is 1. The summed E-state index contributed by atoms with van der Waals surface area (Å²) in [5.41, 5.74) is 18.2. The van der Waals surface area contributed by atoms with Crippen molar-refractivity contribution >= 4 is 17.9 Å². The smallest absolute Gasteiger partial charge is 0.323 e. The van der Waals surface area contributed by atoms with Crippen molar-refractivity contribution in [2.24, 2.45) is 17.2 Å². The van der Waals surface area contributed by atoms with Crippen molar-refractivity contribution in [2.75, 3.05) is 98.4 Å². The van der Waals surface area contributed by atoms with E-state index < -0.39 is 18.5 Å². The number of rotatable bonds is 26. The number of carboxylic acids is 1. The summed E-state index contributed by atoms with van der Waals surface area (Å²) in [5, 5.41) is 28.3. The molecule has 2 aromatic rings. The number of nitrogens with zero attached hydrogens (tertiary/aromatic N) is 7. The number of unbranched alkanes of at least 4 members (excludes halogenated alkanes) is 2. The van der Waals surface area contributed by atoms with E-state index in [0.717, 1.165) is 24.0 Å². The molecule has 1 aromatic carbocycles. The minimum absolute atomic E-state index is 0.130. The molecule has 17 heteroatoms. The second kappa shape index (κ2) is 24.3. The molecule has 0 fully saturated rings. The predicted molar refractivity (Wildman–Crippen MR) is 180 cm³/mol. The summed E-state index contributed by atoms with van der Waals surface area (Å²) >= 11 is 0. The quantitative estimate of drug-likeness (QED) is 0.0759. The lowest BCUT2D eigenvalue weighted by Gasteiger charge is -2.32. The van der Waals surface area contributed by atoms with Gasteiger partial charge in [0, 0.05) is 64.5 Å². The molecule has 0 bridgehead atoms. The highest BCUT2D eigenvalue weighted by Gasteiger charge is 2.23. The van der Waals surface area contributed by atoms with Gasteiger partial charge in [-0.3, -0.25) is 14.5 Å². The molecule has 1 aromatic heterocycles. The van der Waals surface area contributed by atoms with Gasteiger partial charge in [-0.2, -0.15) is 0 Å². The Hall–Kier alpha value is -3.87. The number of carbonyl (C=O) groups is 3. The van der Waals surface area contributed by atoms with E-state index in [2.05, 4.69) is 30.6 Å². The number of carboxylic acid groups (broad SMARTS) is 1. The highest BCUT2D eigenvalue weighted by Crippen LogP contribution is 2.14. The maximum Gasteiger partial charge on any atom is 0.323 e. The number of hydrogen-bond donors (Lipinski definition) is 5. The van der Waals surface area contributed by atoms with Crippen LogP contribution in [0.1, 0.15) is 30.7 Å². The number of hydrogen-bond acceptors (Lipinski definition) is 13. The summed E-state index contributed by atoms with van der Waals surface area (Å²) in [4.78, 5) is 43.3. The fourth-order valence-electron chi connectivity index (χ4n) is 4.63. The van der Waals surface area contributed by atoms with Crippen LogP contribution in [0.3, 0.4) is 0 Å². The molecule has 48 heavy (non-hydrogen) atoms. The Morgan fingerprint density at radius 1 is 0.750 bits per heavy atom. The summed E-state index contributed by atoms with van der Waals surface area (Å²) in [7, 11) is 0. The number of aromatic nitrogens is 4. The van der Waals surface area contributed by atoms with Crippen molar-refractivity contribution in [1.29, 1.82) is 0 Å². The molecule has 3 amide bonds.